The number of ether oxygens (including phenoxy) is 1. The summed E-state index contributed by atoms with van der Waals surface area (Å²) in [4.78, 5) is 24.8. The summed E-state index contributed by atoms with van der Waals surface area (Å²) in [5.74, 6) is -1.13. The largest absolute Gasteiger partial charge is 0.465 e. The Labute approximate surface area is 155 Å². The Bertz CT molecular complexity index is 942. The summed E-state index contributed by atoms with van der Waals surface area (Å²) in [5, 5.41) is 0. The van der Waals surface area contributed by atoms with Crippen LogP contribution in [-0.4, -0.2) is 33.2 Å². The molecule has 7 nitrogen and oxygen atoms in total. The van der Waals surface area contributed by atoms with E-state index >= 15 is 0 Å². The van der Waals surface area contributed by atoms with Crippen LogP contribution in [0.4, 0.5) is 5.69 Å². The maximum Gasteiger partial charge on any atom is 0.337 e. The molecule has 9 heteroatoms. The van der Waals surface area contributed by atoms with E-state index in [2.05, 4.69) is 14.2 Å². The second-order valence-corrected chi connectivity index (χ2v) is 8.02. The SMILES string of the molecule is COC(=O)c1ccc(NS(=O)(=O)NC(=O)[C@H]2CSc3ccccc32)cc1. The lowest BCUT2D eigenvalue weighted by Crippen LogP contribution is -2.38. The highest BCUT2D eigenvalue weighted by Gasteiger charge is 2.31. The lowest BCUT2D eigenvalue weighted by atomic mass is 10.0. The van der Waals surface area contributed by atoms with Crippen LogP contribution in [0.15, 0.2) is 53.4 Å². The van der Waals surface area contributed by atoms with Crippen LogP contribution in [0.1, 0.15) is 21.8 Å². The van der Waals surface area contributed by atoms with Crippen molar-refractivity contribution in [1.82, 2.24) is 4.72 Å². The summed E-state index contributed by atoms with van der Waals surface area (Å²) in [7, 11) is -2.83. The molecule has 0 aliphatic carbocycles. The maximum absolute atomic E-state index is 12.4. The lowest BCUT2D eigenvalue weighted by molar-refractivity contribution is -0.120. The Hall–Kier alpha value is -2.52. The highest BCUT2D eigenvalue weighted by molar-refractivity contribution is 7.99. The molecule has 136 valence electrons. The van der Waals surface area contributed by atoms with Crippen molar-refractivity contribution >= 4 is 39.5 Å². The first-order chi connectivity index (χ1) is 12.4. The van der Waals surface area contributed by atoms with Gasteiger partial charge in [-0.2, -0.15) is 8.42 Å². The van der Waals surface area contributed by atoms with E-state index in [9.17, 15) is 18.0 Å². The van der Waals surface area contributed by atoms with Crippen LogP contribution < -0.4 is 9.44 Å². The number of benzene rings is 2. The summed E-state index contributed by atoms with van der Waals surface area (Å²) in [5.41, 5.74) is 1.34. The van der Waals surface area contributed by atoms with E-state index in [4.69, 9.17) is 0 Å². The number of hydrogen-bond donors (Lipinski definition) is 2. The molecule has 1 heterocycles. The molecule has 1 amide bonds. The third kappa shape index (κ3) is 4.00. The fourth-order valence-corrected chi connectivity index (χ4v) is 4.69. The first-order valence-corrected chi connectivity index (χ1v) is 10.1. The number of rotatable bonds is 5. The molecule has 0 bridgehead atoms. The second kappa shape index (κ2) is 7.38. The summed E-state index contributed by atoms with van der Waals surface area (Å²) in [6.45, 7) is 0. The molecule has 2 aromatic carbocycles. The van der Waals surface area contributed by atoms with Gasteiger partial charge >= 0.3 is 16.2 Å². The van der Waals surface area contributed by atoms with Crippen LogP contribution in [0.2, 0.25) is 0 Å². The topological polar surface area (TPSA) is 102 Å². The molecule has 1 aliphatic rings. The van der Waals surface area contributed by atoms with Crippen molar-refractivity contribution < 1.29 is 22.7 Å². The standard InChI is InChI=1S/C17H16N2O5S2/c1-24-17(21)11-6-8-12(9-7-11)18-26(22,23)19-16(20)14-10-25-15-5-3-2-4-13(14)15/h2-9,14,18H,10H2,1H3,(H,19,20)/t14-/m0/s1. The molecule has 2 N–H and O–H groups in total. The van der Waals surface area contributed by atoms with Crippen LogP contribution >= 0.6 is 11.8 Å². The van der Waals surface area contributed by atoms with Gasteiger partial charge in [0.2, 0.25) is 5.91 Å². The van der Waals surface area contributed by atoms with Gasteiger partial charge < -0.3 is 4.74 Å². The number of methoxy groups -OCH3 is 1. The molecule has 0 unspecified atom stereocenters. The van der Waals surface area contributed by atoms with Crippen LogP contribution in [0.25, 0.3) is 0 Å². The van der Waals surface area contributed by atoms with Crippen LogP contribution in [0.3, 0.4) is 0 Å². The van der Waals surface area contributed by atoms with Crippen molar-refractivity contribution in [3.63, 3.8) is 0 Å². The highest BCUT2D eigenvalue weighted by Crippen LogP contribution is 2.39. The van der Waals surface area contributed by atoms with Crippen molar-refractivity contribution in [3.8, 4) is 0 Å². The molecule has 3 rings (SSSR count). The van der Waals surface area contributed by atoms with Crippen molar-refractivity contribution in [2.24, 2.45) is 0 Å². The number of thioether (sulfide) groups is 1. The normalized spacial score (nSPS) is 15.8. The average molecular weight is 392 g/mol. The van der Waals surface area contributed by atoms with Gasteiger partial charge in [0, 0.05) is 10.6 Å². The van der Waals surface area contributed by atoms with Crippen molar-refractivity contribution in [3.05, 3.63) is 59.7 Å². The smallest absolute Gasteiger partial charge is 0.337 e. The van der Waals surface area contributed by atoms with E-state index in [1.807, 2.05) is 24.3 Å². The fourth-order valence-electron chi connectivity index (χ4n) is 2.56. The van der Waals surface area contributed by atoms with Gasteiger partial charge in [0.1, 0.15) is 0 Å². The van der Waals surface area contributed by atoms with Gasteiger partial charge in [0.05, 0.1) is 24.3 Å². The molecule has 0 saturated heterocycles. The van der Waals surface area contributed by atoms with Crippen molar-refractivity contribution in [2.75, 3.05) is 17.6 Å². The molecule has 0 spiro atoms. The zero-order valence-corrected chi connectivity index (χ0v) is 15.4. The molecule has 0 saturated carbocycles. The number of nitrogens with one attached hydrogen (secondary N) is 2. The minimum Gasteiger partial charge on any atom is -0.465 e. The van der Waals surface area contributed by atoms with E-state index in [1.54, 1.807) is 0 Å². The number of carbonyl (C=O) groups excluding carboxylic acids is 2. The number of amides is 1. The van der Waals surface area contributed by atoms with E-state index < -0.39 is 28.0 Å². The van der Waals surface area contributed by atoms with Crippen molar-refractivity contribution in [2.45, 2.75) is 10.8 Å². The van der Waals surface area contributed by atoms with Gasteiger partial charge in [-0.1, -0.05) is 18.2 Å². The van der Waals surface area contributed by atoms with Gasteiger partial charge in [-0.3, -0.25) is 9.52 Å². The fraction of sp³-hybridized carbons (Fsp3) is 0.176. The third-order valence-electron chi connectivity index (χ3n) is 3.81. The molecule has 1 atom stereocenters. The Morgan fingerprint density at radius 3 is 2.50 bits per heavy atom. The molecule has 0 aromatic heterocycles. The first-order valence-electron chi connectivity index (χ1n) is 7.64. The molecule has 0 radical (unpaired) electrons. The number of esters is 1. The minimum absolute atomic E-state index is 0.221. The number of anilines is 1. The summed E-state index contributed by atoms with van der Waals surface area (Å²) >= 11 is 1.52. The number of fused-ring (bicyclic) bond motifs is 1. The van der Waals surface area contributed by atoms with Crippen molar-refractivity contribution in [1.29, 1.82) is 0 Å². The van der Waals surface area contributed by atoms with E-state index in [0.29, 0.717) is 11.3 Å². The predicted octanol–water partition coefficient (Wildman–Crippen LogP) is 2.14. The lowest BCUT2D eigenvalue weighted by Gasteiger charge is -2.13. The molecule has 2 aromatic rings. The van der Waals surface area contributed by atoms with E-state index in [0.717, 1.165) is 10.5 Å². The second-order valence-electron chi connectivity index (χ2n) is 5.54. The summed E-state index contributed by atoms with van der Waals surface area (Å²) in [6.07, 6.45) is 0. The molecule has 1 aliphatic heterocycles. The summed E-state index contributed by atoms with van der Waals surface area (Å²) < 4.78 is 33.3. The first kappa shape index (κ1) is 18.3. The van der Waals surface area contributed by atoms with E-state index in [-0.39, 0.29) is 5.69 Å². The van der Waals surface area contributed by atoms with Crippen LogP contribution in [0.5, 0.6) is 0 Å². The highest BCUT2D eigenvalue weighted by atomic mass is 32.2. The third-order valence-corrected chi connectivity index (χ3v) is 5.97. The summed E-state index contributed by atoms with van der Waals surface area (Å²) in [6, 6.07) is 13.1. The number of hydrogen-bond acceptors (Lipinski definition) is 6. The minimum atomic E-state index is -4.09. The Morgan fingerprint density at radius 2 is 1.81 bits per heavy atom. The predicted molar refractivity (Wildman–Crippen MR) is 98.4 cm³/mol. The quantitative estimate of drug-likeness (QED) is 0.756. The molecule has 0 fully saturated rings. The van der Waals surface area contributed by atoms with Gasteiger partial charge in [-0.25, -0.2) is 9.52 Å². The molecular formula is C17H16N2O5S2. The zero-order chi connectivity index (χ0) is 18.7. The molecule has 26 heavy (non-hydrogen) atoms. The van der Waals surface area contributed by atoms with Crippen LogP contribution in [0, 0.1) is 0 Å². The Morgan fingerprint density at radius 1 is 1.12 bits per heavy atom. The Balaban J connectivity index is 1.68. The number of carbonyl (C=O) groups is 2. The zero-order valence-electron chi connectivity index (χ0n) is 13.8. The monoisotopic (exact) mass is 392 g/mol. The Kier molecular flexibility index (Phi) is 5.19. The average Bonchev–Trinajstić information content (AvgIpc) is 3.05. The maximum atomic E-state index is 12.4. The van der Waals surface area contributed by atoms with Gasteiger partial charge in [-0.15, -0.1) is 11.8 Å². The van der Waals surface area contributed by atoms with Gasteiger partial charge in [0.15, 0.2) is 0 Å². The van der Waals surface area contributed by atoms with Gasteiger partial charge in [0.25, 0.3) is 0 Å². The van der Waals surface area contributed by atoms with E-state index in [1.165, 1.54) is 43.1 Å². The van der Waals surface area contributed by atoms with Crippen LogP contribution in [-0.2, 0) is 19.7 Å². The molecular weight excluding hydrogens is 376 g/mol. The van der Waals surface area contributed by atoms with Gasteiger partial charge in [-0.05, 0) is 35.9 Å².